The van der Waals surface area contributed by atoms with Gasteiger partial charge in [0.25, 0.3) is 0 Å². The van der Waals surface area contributed by atoms with Crippen LogP contribution in [0.3, 0.4) is 0 Å². The van der Waals surface area contributed by atoms with Crippen molar-refractivity contribution in [3.8, 4) is 0 Å². The summed E-state index contributed by atoms with van der Waals surface area (Å²) < 4.78 is 0. The number of amides is 1. The fourth-order valence-corrected chi connectivity index (χ4v) is 3.15. The van der Waals surface area contributed by atoms with Gasteiger partial charge in [-0.05, 0) is 64.5 Å². The molecule has 1 fully saturated rings. The molecule has 2 aliphatic rings. The molecule has 0 spiro atoms. The molecule has 0 saturated carbocycles. The molecular weight excluding hydrogens is 236 g/mol. The van der Waals surface area contributed by atoms with Gasteiger partial charge in [0.2, 0.25) is 5.91 Å². The fraction of sp³-hybridized carbons (Fsp3) is 0.812. The van der Waals surface area contributed by atoms with Crippen molar-refractivity contribution in [2.45, 2.75) is 51.9 Å². The number of nitrogens with zero attached hydrogens (tertiary/aromatic N) is 1. The number of rotatable bonds is 5. The third kappa shape index (κ3) is 4.64. The lowest BCUT2D eigenvalue weighted by Gasteiger charge is -2.30. The van der Waals surface area contributed by atoms with Gasteiger partial charge in [0.05, 0.1) is 0 Å². The number of hydrogen-bond acceptors (Lipinski definition) is 2. The summed E-state index contributed by atoms with van der Waals surface area (Å²) in [7, 11) is 0. The van der Waals surface area contributed by atoms with Gasteiger partial charge in [-0.2, -0.15) is 0 Å². The summed E-state index contributed by atoms with van der Waals surface area (Å²) in [5.41, 5.74) is 1.38. The highest BCUT2D eigenvalue weighted by molar-refractivity contribution is 5.78. The molecule has 1 aliphatic carbocycles. The molecule has 0 radical (unpaired) electrons. The second-order valence-corrected chi connectivity index (χ2v) is 5.91. The maximum absolute atomic E-state index is 12.4. The fourth-order valence-electron chi connectivity index (χ4n) is 3.15. The van der Waals surface area contributed by atoms with Crippen molar-refractivity contribution >= 4 is 5.91 Å². The van der Waals surface area contributed by atoms with Crippen LogP contribution < -0.4 is 5.32 Å². The van der Waals surface area contributed by atoms with E-state index in [-0.39, 0.29) is 0 Å². The summed E-state index contributed by atoms with van der Waals surface area (Å²) in [6.45, 7) is 6.15. The van der Waals surface area contributed by atoms with Gasteiger partial charge in [0.1, 0.15) is 0 Å². The number of carbonyl (C=O) groups excluding carboxylic acids is 1. The Morgan fingerprint density at radius 3 is 2.79 bits per heavy atom. The number of allylic oxidation sites excluding steroid dienone is 1. The maximum atomic E-state index is 12.4. The lowest BCUT2D eigenvalue weighted by atomic mass is 9.95. The summed E-state index contributed by atoms with van der Waals surface area (Å²) >= 11 is 0. The lowest BCUT2D eigenvalue weighted by molar-refractivity contribution is -0.131. The van der Waals surface area contributed by atoms with Crippen molar-refractivity contribution in [1.29, 1.82) is 0 Å². The Hall–Kier alpha value is -0.830. The average molecular weight is 264 g/mol. The van der Waals surface area contributed by atoms with Gasteiger partial charge in [0, 0.05) is 19.5 Å². The van der Waals surface area contributed by atoms with Gasteiger partial charge < -0.3 is 10.2 Å². The monoisotopic (exact) mass is 264 g/mol. The Morgan fingerprint density at radius 1 is 1.37 bits per heavy atom. The van der Waals surface area contributed by atoms with Crippen LogP contribution in [-0.4, -0.2) is 37.0 Å². The molecule has 0 unspecified atom stereocenters. The van der Waals surface area contributed by atoms with Crippen molar-refractivity contribution in [2.75, 3.05) is 26.2 Å². The molecular formula is C16H28N2O. The number of carbonyl (C=O) groups is 1. The molecule has 1 N–H and O–H groups in total. The van der Waals surface area contributed by atoms with Crippen LogP contribution in [0.1, 0.15) is 51.9 Å². The zero-order valence-electron chi connectivity index (χ0n) is 12.3. The first-order valence-electron chi connectivity index (χ1n) is 7.96. The van der Waals surface area contributed by atoms with Crippen LogP contribution in [0.5, 0.6) is 0 Å². The molecule has 0 atom stereocenters. The van der Waals surface area contributed by atoms with E-state index in [2.05, 4.69) is 23.2 Å². The summed E-state index contributed by atoms with van der Waals surface area (Å²) in [6.07, 6.45) is 10.3. The summed E-state index contributed by atoms with van der Waals surface area (Å²) in [5, 5.41) is 3.39. The standard InChI is InChI=1S/C16H28N2O/c1-2-18(13-15-8-10-17-11-9-15)16(19)12-14-6-4-3-5-7-14/h6,15,17H,2-5,7-13H2,1H3. The first-order valence-corrected chi connectivity index (χ1v) is 7.96. The van der Waals surface area contributed by atoms with Crippen molar-refractivity contribution in [3.63, 3.8) is 0 Å². The van der Waals surface area contributed by atoms with E-state index in [1.54, 1.807) is 0 Å². The number of piperidine rings is 1. The Labute approximate surface area is 117 Å². The Kier molecular flexibility index (Phi) is 5.90. The second-order valence-electron chi connectivity index (χ2n) is 5.91. The average Bonchev–Trinajstić information content (AvgIpc) is 2.47. The van der Waals surface area contributed by atoms with Gasteiger partial charge in [-0.1, -0.05) is 11.6 Å². The van der Waals surface area contributed by atoms with Gasteiger partial charge in [0.15, 0.2) is 0 Å². The highest BCUT2D eigenvalue weighted by Gasteiger charge is 2.20. The van der Waals surface area contributed by atoms with Gasteiger partial charge in [-0.15, -0.1) is 0 Å². The van der Waals surface area contributed by atoms with Crippen molar-refractivity contribution in [3.05, 3.63) is 11.6 Å². The van der Waals surface area contributed by atoms with Crippen molar-refractivity contribution in [2.24, 2.45) is 5.92 Å². The van der Waals surface area contributed by atoms with E-state index in [4.69, 9.17) is 0 Å². The van der Waals surface area contributed by atoms with Gasteiger partial charge in [-0.3, -0.25) is 4.79 Å². The third-order valence-corrected chi connectivity index (χ3v) is 4.44. The zero-order chi connectivity index (χ0) is 13.5. The van der Waals surface area contributed by atoms with Gasteiger partial charge >= 0.3 is 0 Å². The molecule has 1 amide bonds. The zero-order valence-corrected chi connectivity index (χ0v) is 12.3. The highest BCUT2D eigenvalue weighted by atomic mass is 16.2. The minimum Gasteiger partial charge on any atom is -0.342 e. The molecule has 1 saturated heterocycles. The van der Waals surface area contributed by atoms with E-state index in [9.17, 15) is 4.79 Å². The van der Waals surface area contributed by atoms with E-state index in [1.165, 1.54) is 37.7 Å². The molecule has 0 aromatic rings. The first-order chi connectivity index (χ1) is 9.29. The summed E-state index contributed by atoms with van der Waals surface area (Å²) in [6, 6.07) is 0. The Balaban J connectivity index is 1.81. The molecule has 0 bridgehead atoms. The van der Waals surface area contributed by atoms with E-state index >= 15 is 0 Å². The maximum Gasteiger partial charge on any atom is 0.226 e. The predicted octanol–water partition coefficient (Wildman–Crippen LogP) is 2.73. The minimum atomic E-state index is 0.342. The quantitative estimate of drug-likeness (QED) is 0.774. The van der Waals surface area contributed by atoms with Crippen LogP contribution in [0.2, 0.25) is 0 Å². The first kappa shape index (κ1) is 14.6. The van der Waals surface area contributed by atoms with E-state index in [0.717, 1.165) is 32.6 Å². The second kappa shape index (κ2) is 7.68. The summed E-state index contributed by atoms with van der Waals surface area (Å²) in [4.78, 5) is 14.5. The molecule has 1 heterocycles. The van der Waals surface area contributed by atoms with E-state index < -0.39 is 0 Å². The number of nitrogens with one attached hydrogen (secondary N) is 1. The van der Waals surface area contributed by atoms with Crippen LogP contribution in [-0.2, 0) is 4.79 Å². The molecule has 2 rings (SSSR count). The normalized spacial score (nSPS) is 21.0. The molecule has 1 aliphatic heterocycles. The summed E-state index contributed by atoms with van der Waals surface area (Å²) in [5.74, 6) is 1.04. The Morgan fingerprint density at radius 2 is 2.16 bits per heavy atom. The lowest BCUT2D eigenvalue weighted by Crippen LogP contribution is -2.39. The predicted molar refractivity (Wildman–Crippen MR) is 79.0 cm³/mol. The van der Waals surface area contributed by atoms with E-state index in [0.29, 0.717) is 18.2 Å². The van der Waals surface area contributed by atoms with E-state index in [1.807, 2.05) is 0 Å². The smallest absolute Gasteiger partial charge is 0.226 e. The third-order valence-electron chi connectivity index (χ3n) is 4.44. The molecule has 0 aromatic carbocycles. The topological polar surface area (TPSA) is 32.3 Å². The van der Waals surface area contributed by atoms with Crippen molar-refractivity contribution < 1.29 is 4.79 Å². The SMILES string of the molecule is CCN(CC1CCNCC1)C(=O)CC1=CCCCC1. The largest absolute Gasteiger partial charge is 0.342 e. The molecule has 3 heteroatoms. The molecule has 19 heavy (non-hydrogen) atoms. The van der Waals surface area contributed by atoms with Crippen LogP contribution in [0.25, 0.3) is 0 Å². The number of hydrogen-bond donors (Lipinski definition) is 1. The highest BCUT2D eigenvalue weighted by Crippen LogP contribution is 2.21. The molecule has 108 valence electrons. The minimum absolute atomic E-state index is 0.342. The van der Waals surface area contributed by atoms with Crippen molar-refractivity contribution in [1.82, 2.24) is 10.2 Å². The Bertz CT molecular complexity index is 319. The van der Waals surface area contributed by atoms with Gasteiger partial charge in [-0.25, -0.2) is 0 Å². The van der Waals surface area contributed by atoms with Crippen LogP contribution in [0.15, 0.2) is 11.6 Å². The molecule has 0 aromatic heterocycles. The van der Waals surface area contributed by atoms with Crippen LogP contribution in [0, 0.1) is 5.92 Å². The molecule has 3 nitrogen and oxygen atoms in total. The van der Waals surface area contributed by atoms with Crippen LogP contribution >= 0.6 is 0 Å². The van der Waals surface area contributed by atoms with Crippen LogP contribution in [0.4, 0.5) is 0 Å².